The fraction of sp³-hybridized carbons (Fsp3) is 0.200. The third kappa shape index (κ3) is 3.23. The van der Waals surface area contributed by atoms with Crippen LogP contribution in [0.2, 0.25) is 0 Å². The molecule has 0 aliphatic heterocycles. The molecule has 1 heterocycles. The van der Waals surface area contributed by atoms with Crippen LogP contribution in [0.1, 0.15) is 21.6 Å². The van der Waals surface area contributed by atoms with E-state index >= 15 is 0 Å². The number of hydrogen-bond acceptors (Lipinski definition) is 3. The molecule has 0 unspecified atom stereocenters. The van der Waals surface area contributed by atoms with Gasteiger partial charge < -0.3 is 9.64 Å². The van der Waals surface area contributed by atoms with Crippen molar-refractivity contribution in [2.24, 2.45) is 0 Å². The van der Waals surface area contributed by atoms with Gasteiger partial charge >= 0.3 is 0 Å². The van der Waals surface area contributed by atoms with Crippen LogP contribution in [0.5, 0.6) is 5.75 Å². The lowest BCUT2D eigenvalue weighted by molar-refractivity contribution is 0.0787. The summed E-state index contributed by atoms with van der Waals surface area (Å²) in [6.45, 7) is 2.45. The summed E-state index contributed by atoms with van der Waals surface area (Å²) in [6, 6.07) is 17.3. The van der Waals surface area contributed by atoms with Crippen LogP contribution in [0.15, 0.2) is 54.6 Å². The number of fused-ring (bicyclic) bond motifs is 1. The third-order valence-electron chi connectivity index (χ3n) is 4.00. The molecule has 0 spiro atoms. The van der Waals surface area contributed by atoms with Gasteiger partial charge in [0.05, 0.1) is 18.2 Å². The number of aryl methyl sites for hydroxylation is 1. The summed E-state index contributed by atoms with van der Waals surface area (Å²) in [5, 5.41) is 0.884. The van der Waals surface area contributed by atoms with Gasteiger partial charge in [0.15, 0.2) is 0 Å². The molecule has 0 fully saturated rings. The maximum Gasteiger partial charge on any atom is 0.254 e. The molecule has 3 aromatic rings. The largest absolute Gasteiger partial charge is 0.497 e. The average molecular weight is 320 g/mol. The van der Waals surface area contributed by atoms with Crippen molar-refractivity contribution in [3.8, 4) is 5.75 Å². The first-order valence-electron chi connectivity index (χ1n) is 7.83. The number of methoxy groups -OCH3 is 1. The van der Waals surface area contributed by atoms with E-state index in [4.69, 9.17) is 4.74 Å². The van der Waals surface area contributed by atoms with E-state index in [0.29, 0.717) is 12.1 Å². The fourth-order valence-corrected chi connectivity index (χ4v) is 2.77. The Balaban J connectivity index is 1.87. The van der Waals surface area contributed by atoms with Crippen LogP contribution in [-0.2, 0) is 6.54 Å². The molecule has 0 aliphatic carbocycles. The minimum atomic E-state index is -0.00693. The topological polar surface area (TPSA) is 42.4 Å². The Bertz CT molecular complexity index is 872. The zero-order valence-electron chi connectivity index (χ0n) is 14.1. The maximum absolute atomic E-state index is 12.9. The van der Waals surface area contributed by atoms with Crippen molar-refractivity contribution >= 4 is 16.8 Å². The second kappa shape index (κ2) is 6.71. The van der Waals surface area contributed by atoms with Gasteiger partial charge in [-0.15, -0.1) is 0 Å². The molecule has 0 atom stereocenters. The first-order chi connectivity index (χ1) is 11.6. The Morgan fingerprint density at radius 1 is 1.12 bits per heavy atom. The monoisotopic (exact) mass is 320 g/mol. The molecule has 0 N–H and O–H groups in total. The van der Waals surface area contributed by atoms with Gasteiger partial charge in [0.2, 0.25) is 0 Å². The Kier molecular flexibility index (Phi) is 4.47. The number of pyridine rings is 1. The molecular formula is C20H20N2O2. The summed E-state index contributed by atoms with van der Waals surface area (Å²) in [4.78, 5) is 19.1. The van der Waals surface area contributed by atoms with Crippen LogP contribution in [0.25, 0.3) is 10.9 Å². The summed E-state index contributed by atoms with van der Waals surface area (Å²) in [6.07, 6.45) is 0. The highest BCUT2D eigenvalue weighted by molar-refractivity contribution is 6.06. The van der Waals surface area contributed by atoms with Gasteiger partial charge in [-0.3, -0.25) is 9.78 Å². The molecular weight excluding hydrogens is 300 g/mol. The zero-order chi connectivity index (χ0) is 17.1. The van der Waals surface area contributed by atoms with Crippen LogP contribution < -0.4 is 4.74 Å². The fourth-order valence-electron chi connectivity index (χ4n) is 2.77. The SMILES string of the molecule is COc1ccc(CN(C)C(=O)c2cc(C)nc3ccccc23)cc1. The van der Waals surface area contributed by atoms with Crippen LogP contribution in [0, 0.1) is 6.92 Å². The summed E-state index contributed by atoms with van der Waals surface area (Å²) < 4.78 is 5.16. The molecule has 0 radical (unpaired) electrons. The molecule has 4 nitrogen and oxygen atoms in total. The number of rotatable bonds is 4. The van der Waals surface area contributed by atoms with Crippen LogP contribution >= 0.6 is 0 Å². The van der Waals surface area contributed by atoms with E-state index < -0.39 is 0 Å². The Morgan fingerprint density at radius 3 is 2.54 bits per heavy atom. The number of carbonyl (C=O) groups is 1. The van der Waals surface area contributed by atoms with Gasteiger partial charge in [-0.1, -0.05) is 30.3 Å². The first-order valence-corrected chi connectivity index (χ1v) is 7.83. The predicted molar refractivity (Wildman–Crippen MR) is 95.3 cm³/mol. The summed E-state index contributed by atoms with van der Waals surface area (Å²) in [5.41, 5.74) is 3.43. The minimum absolute atomic E-state index is 0.00693. The number of aromatic nitrogens is 1. The second-order valence-electron chi connectivity index (χ2n) is 5.84. The van der Waals surface area contributed by atoms with Crippen LogP contribution in [0.4, 0.5) is 0 Å². The minimum Gasteiger partial charge on any atom is -0.497 e. The highest BCUT2D eigenvalue weighted by Crippen LogP contribution is 2.20. The van der Waals surface area contributed by atoms with Crippen molar-refractivity contribution in [3.63, 3.8) is 0 Å². The van der Waals surface area contributed by atoms with Crippen molar-refractivity contribution in [1.29, 1.82) is 0 Å². The summed E-state index contributed by atoms with van der Waals surface area (Å²) in [7, 11) is 3.46. The van der Waals surface area contributed by atoms with Crippen molar-refractivity contribution in [2.45, 2.75) is 13.5 Å². The standard InChI is InChI=1S/C20H20N2O2/c1-14-12-18(17-6-4-5-7-19(17)21-14)20(23)22(2)13-15-8-10-16(24-3)11-9-15/h4-12H,13H2,1-3H3. The van der Waals surface area contributed by atoms with Gasteiger partial charge in [0.1, 0.15) is 5.75 Å². The van der Waals surface area contributed by atoms with Gasteiger partial charge in [0, 0.05) is 24.7 Å². The van der Waals surface area contributed by atoms with Crippen molar-refractivity contribution < 1.29 is 9.53 Å². The van der Waals surface area contributed by atoms with Crippen molar-refractivity contribution in [3.05, 3.63) is 71.4 Å². The first kappa shape index (κ1) is 16.0. The molecule has 24 heavy (non-hydrogen) atoms. The molecule has 0 bridgehead atoms. The van der Waals surface area contributed by atoms with E-state index in [1.165, 1.54) is 0 Å². The van der Waals surface area contributed by atoms with E-state index in [2.05, 4.69) is 4.98 Å². The van der Waals surface area contributed by atoms with Crippen LogP contribution in [-0.4, -0.2) is 29.9 Å². The molecule has 4 heteroatoms. The third-order valence-corrected chi connectivity index (χ3v) is 4.00. The highest BCUT2D eigenvalue weighted by Gasteiger charge is 2.16. The Labute approximate surface area is 141 Å². The smallest absolute Gasteiger partial charge is 0.254 e. The Morgan fingerprint density at radius 2 is 1.83 bits per heavy atom. The molecule has 0 saturated heterocycles. The van der Waals surface area contributed by atoms with Gasteiger partial charge in [-0.05, 0) is 36.8 Å². The number of ether oxygens (including phenoxy) is 1. The molecule has 2 aromatic carbocycles. The molecule has 122 valence electrons. The lowest BCUT2D eigenvalue weighted by Crippen LogP contribution is -2.26. The zero-order valence-corrected chi connectivity index (χ0v) is 14.1. The number of carbonyl (C=O) groups excluding carboxylic acids is 1. The predicted octanol–water partition coefficient (Wildman–Crippen LogP) is 3.82. The van der Waals surface area contributed by atoms with Crippen LogP contribution in [0.3, 0.4) is 0 Å². The van der Waals surface area contributed by atoms with Crippen molar-refractivity contribution in [1.82, 2.24) is 9.88 Å². The summed E-state index contributed by atoms with van der Waals surface area (Å²) in [5.74, 6) is 0.802. The summed E-state index contributed by atoms with van der Waals surface area (Å²) >= 11 is 0. The molecule has 0 saturated carbocycles. The van der Waals surface area contributed by atoms with E-state index in [1.54, 1.807) is 12.0 Å². The number of nitrogens with zero attached hydrogens (tertiary/aromatic N) is 2. The van der Waals surface area contributed by atoms with Gasteiger partial charge in [-0.2, -0.15) is 0 Å². The number of benzene rings is 2. The quantitative estimate of drug-likeness (QED) is 0.734. The van der Waals surface area contributed by atoms with Gasteiger partial charge in [0.25, 0.3) is 5.91 Å². The maximum atomic E-state index is 12.9. The van der Waals surface area contributed by atoms with E-state index in [0.717, 1.165) is 27.9 Å². The molecule has 3 rings (SSSR count). The number of para-hydroxylation sites is 1. The average Bonchev–Trinajstić information content (AvgIpc) is 2.61. The van der Waals surface area contributed by atoms with E-state index in [1.807, 2.05) is 68.6 Å². The number of hydrogen-bond donors (Lipinski definition) is 0. The lowest BCUT2D eigenvalue weighted by Gasteiger charge is -2.19. The van der Waals surface area contributed by atoms with E-state index in [-0.39, 0.29) is 5.91 Å². The van der Waals surface area contributed by atoms with Gasteiger partial charge in [-0.25, -0.2) is 0 Å². The molecule has 0 aliphatic rings. The molecule has 1 aromatic heterocycles. The Hall–Kier alpha value is -2.88. The second-order valence-corrected chi connectivity index (χ2v) is 5.84. The normalized spacial score (nSPS) is 10.6. The number of amides is 1. The van der Waals surface area contributed by atoms with Crippen molar-refractivity contribution in [2.75, 3.05) is 14.2 Å². The molecule has 1 amide bonds. The lowest BCUT2D eigenvalue weighted by atomic mass is 10.1. The highest BCUT2D eigenvalue weighted by atomic mass is 16.5. The van der Waals surface area contributed by atoms with E-state index in [9.17, 15) is 4.79 Å².